The molecule has 8 nitrogen and oxygen atoms in total. The van der Waals surface area contributed by atoms with Gasteiger partial charge in [-0.25, -0.2) is 0 Å². The molecule has 2 heterocycles. The van der Waals surface area contributed by atoms with E-state index in [1.165, 1.54) is 0 Å². The van der Waals surface area contributed by atoms with E-state index < -0.39 is 0 Å². The summed E-state index contributed by atoms with van der Waals surface area (Å²) in [7, 11) is 0. The molecule has 1 saturated heterocycles. The van der Waals surface area contributed by atoms with Gasteiger partial charge >= 0.3 is 0 Å². The zero-order valence-electron chi connectivity index (χ0n) is 14.8. The quantitative estimate of drug-likeness (QED) is 0.683. The molecule has 2 aliphatic rings. The molecule has 0 saturated carbocycles. The van der Waals surface area contributed by atoms with Gasteiger partial charge in [-0.1, -0.05) is 6.07 Å². The summed E-state index contributed by atoms with van der Waals surface area (Å²) in [4.78, 5) is 26.1. The smallest absolute Gasteiger partial charge is 0.239 e. The van der Waals surface area contributed by atoms with Gasteiger partial charge in [0, 0.05) is 26.2 Å². The first-order valence-corrected chi connectivity index (χ1v) is 8.93. The number of hydrogen-bond donors (Lipinski definition) is 2. The van der Waals surface area contributed by atoms with E-state index in [4.69, 9.17) is 14.2 Å². The van der Waals surface area contributed by atoms with Crippen molar-refractivity contribution in [3.05, 3.63) is 23.8 Å². The van der Waals surface area contributed by atoms with Gasteiger partial charge in [0.1, 0.15) is 13.2 Å². The lowest BCUT2D eigenvalue weighted by Crippen LogP contribution is -2.43. The summed E-state index contributed by atoms with van der Waals surface area (Å²) in [5.41, 5.74) is 0.819. The highest BCUT2D eigenvalue weighted by Gasteiger charge is 2.14. The van der Waals surface area contributed by atoms with Gasteiger partial charge < -0.3 is 24.8 Å². The second kappa shape index (κ2) is 9.40. The van der Waals surface area contributed by atoms with E-state index in [-0.39, 0.29) is 24.8 Å². The molecule has 0 atom stereocenters. The van der Waals surface area contributed by atoms with Crippen molar-refractivity contribution in [1.29, 1.82) is 0 Å². The molecule has 0 aromatic heterocycles. The first-order chi connectivity index (χ1) is 12.7. The molecular weight excluding hydrogens is 338 g/mol. The predicted molar refractivity (Wildman–Crippen MR) is 94.4 cm³/mol. The summed E-state index contributed by atoms with van der Waals surface area (Å²) in [6.45, 7) is 5.64. The van der Waals surface area contributed by atoms with Gasteiger partial charge in [0.2, 0.25) is 11.8 Å². The molecule has 2 aliphatic heterocycles. The molecule has 8 heteroatoms. The van der Waals surface area contributed by atoms with Crippen LogP contribution in [0.2, 0.25) is 0 Å². The molecule has 0 bridgehead atoms. The standard InChI is InChI=1S/C18H25N3O5/c22-17(12-14-1-2-15-16(11-14)26-10-9-25-15)20-13-18(23)19-3-4-21-5-7-24-8-6-21/h1-2,11H,3-10,12-13H2,(H,19,23)(H,20,22). The van der Waals surface area contributed by atoms with Crippen molar-refractivity contribution in [3.63, 3.8) is 0 Å². The van der Waals surface area contributed by atoms with Crippen LogP contribution in [0.1, 0.15) is 5.56 Å². The van der Waals surface area contributed by atoms with Crippen LogP contribution in [0, 0.1) is 0 Å². The van der Waals surface area contributed by atoms with Crippen LogP contribution in [-0.4, -0.2) is 75.9 Å². The Morgan fingerprint density at radius 2 is 1.73 bits per heavy atom. The zero-order chi connectivity index (χ0) is 18.2. The fraction of sp³-hybridized carbons (Fsp3) is 0.556. The van der Waals surface area contributed by atoms with E-state index in [2.05, 4.69) is 15.5 Å². The van der Waals surface area contributed by atoms with Gasteiger partial charge in [-0.2, -0.15) is 0 Å². The SMILES string of the molecule is O=C(CNC(=O)Cc1ccc2c(c1)OCCO2)NCCN1CCOCC1. The lowest BCUT2D eigenvalue weighted by atomic mass is 10.1. The highest BCUT2D eigenvalue weighted by Crippen LogP contribution is 2.30. The summed E-state index contributed by atoms with van der Waals surface area (Å²) in [5, 5.41) is 5.46. The van der Waals surface area contributed by atoms with Crippen LogP contribution in [0.4, 0.5) is 0 Å². The second-order valence-electron chi connectivity index (χ2n) is 6.24. The third-order valence-corrected chi connectivity index (χ3v) is 4.27. The maximum Gasteiger partial charge on any atom is 0.239 e. The van der Waals surface area contributed by atoms with E-state index in [9.17, 15) is 9.59 Å². The van der Waals surface area contributed by atoms with E-state index in [1.807, 2.05) is 6.07 Å². The summed E-state index contributed by atoms with van der Waals surface area (Å²) in [5.74, 6) is 0.959. The lowest BCUT2D eigenvalue weighted by Gasteiger charge is -2.26. The summed E-state index contributed by atoms with van der Waals surface area (Å²) >= 11 is 0. The number of carbonyl (C=O) groups is 2. The Morgan fingerprint density at radius 1 is 0.962 bits per heavy atom. The average molecular weight is 363 g/mol. The number of rotatable bonds is 7. The Morgan fingerprint density at radius 3 is 2.54 bits per heavy atom. The van der Waals surface area contributed by atoms with Crippen LogP contribution in [0.15, 0.2) is 18.2 Å². The van der Waals surface area contributed by atoms with Crippen molar-refractivity contribution < 1.29 is 23.8 Å². The number of amides is 2. The number of morpholine rings is 1. The number of carbonyl (C=O) groups excluding carboxylic acids is 2. The fourth-order valence-corrected chi connectivity index (χ4v) is 2.87. The minimum atomic E-state index is -0.204. The lowest BCUT2D eigenvalue weighted by molar-refractivity contribution is -0.125. The number of hydrogen-bond acceptors (Lipinski definition) is 6. The summed E-state index contributed by atoms with van der Waals surface area (Å²) in [6, 6.07) is 5.43. The minimum Gasteiger partial charge on any atom is -0.486 e. The van der Waals surface area contributed by atoms with Gasteiger partial charge in [0.15, 0.2) is 11.5 Å². The van der Waals surface area contributed by atoms with Crippen LogP contribution in [0.25, 0.3) is 0 Å². The Labute approximate surface area is 152 Å². The van der Waals surface area contributed by atoms with Crippen LogP contribution in [0.3, 0.4) is 0 Å². The molecule has 1 aromatic carbocycles. The first kappa shape index (κ1) is 18.5. The highest BCUT2D eigenvalue weighted by molar-refractivity contribution is 5.85. The molecule has 0 aliphatic carbocycles. The van der Waals surface area contributed by atoms with Gasteiger partial charge in [-0.05, 0) is 17.7 Å². The van der Waals surface area contributed by atoms with Crippen LogP contribution in [-0.2, 0) is 20.7 Å². The molecule has 0 spiro atoms. The molecule has 0 unspecified atom stereocenters. The van der Waals surface area contributed by atoms with Gasteiger partial charge in [0.25, 0.3) is 0 Å². The van der Waals surface area contributed by atoms with E-state index in [1.54, 1.807) is 12.1 Å². The number of benzene rings is 1. The van der Waals surface area contributed by atoms with E-state index >= 15 is 0 Å². The molecule has 3 rings (SSSR count). The molecule has 1 aromatic rings. The van der Waals surface area contributed by atoms with Gasteiger partial charge in [-0.3, -0.25) is 14.5 Å². The predicted octanol–water partition coefficient (Wildman–Crippen LogP) is -0.435. The van der Waals surface area contributed by atoms with Gasteiger partial charge in [-0.15, -0.1) is 0 Å². The maximum absolute atomic E-state index is 12.0. The number of nitrogens with one attached hydrogen (secondary N) is 2. The van der Waals surface area contributed by atoms with Crippen LogP contribution < -0.4 is 20.1 Å². The average Bonchev–Trinajstić information content (AvgIpc) is 2.67. The molecule has 2 amide bonds. The molecule has 142 valence electrons. The third-order valence-electron chi connectivity index (χ3n) is 4.27. The first-order valence-electron chi connectivity index (χ1n) is 8.93. The maximum atomic E-state index is 12.0. The summed E-state index contributed by atoms with van der Waals surface area (Å²) < 4.78 is 16.2. The molecule has 26 heavy (non-hydrogen) atoms. The zero-order valence-corrected chi connectivity index (χ0v) is 14.8. The Bertz CT molecular complexity index is 631. The van der Waals surface area contributed by atoms with Crippen LogP contribution in [0.5, 0.6) is 11.5 Å². The van der Waals surface area contributed by atoms with Crippen molar-refractivity contribution in [2.24, 2.45) is 0 Å². The third kappa shape index (κ3) is 5.60. The van der Waals surface area contributed by atoms with Crippen molar-refractivity contribution in [2.75, 3.05) is 59.2 Å². The van der Waals surface area contributed by atoms with E-state index in [0.29, 0.717) is 31.3 Å². The number of nitrogens with zero attached hydrogens (tertiary/aromatic N) is 1. The topological polar surface area (TPSA) is 89.1 Å². The Hall–Kier alpha value is -2.32. The van der Waals surface area contributed by atoms with Gasteiger partial charge in [0.05, 0.1) is 26.2 Å². The van der Waals surface area contributed by atoms with Crippen molar-refractivity contribution in [2.45, 2.75) is 6.42 Å². The molecule has 2 N–H and O–H groups in total. The summed E-state index contributed by atoms with van der Waals surface area (Å²) in [6.07, 6.45) is 0.192. The minimum absolute atomic E-state index is 0.0213. The van der Waals surface area contributed by atoms with E-state index in [0.717, 1.165) is 38.4 Å². The fourth-order valence-electron chi connectivity index (χ4n) is 2.87. The molecule has 0 radical (unpaired) electrons. The Balaban J connectivity index is 1.33. The highest BCUT2D eigenvalue weighted by atomic mass is 16.6. The van der Waals surface area contributed by atoms with Crippen LogP contribution >= 0.6 is 0 Å². The van der Waals surface area contributed by atoms with Crippen molar-refractivity contribution >= 4 is 11.8 Å². The molecular formula is C18H25N3O5. The number of ether oxygens (including phenoxy) is 3. The largest absolute Gasteiger partial charge is 0.486 e. The monoisotopic (exact) mass is 363 g/mol. The number of fused-ring (bicyclic) bond motifs is 1. The normalized spacial score (nSPS) is 16.8. The second-order valence-corrected chi connectivity index (χ2v) is 6.24. The van der Waals surface area contributed by atoms with Crippen molar-refractivity contribution in [1.82, 2.24) is 15.5 Å². The Kier molecular flexibility index (Phi) is 6.68. The molecule has 1 fully saturated rings. The van der Waals surface area contributed by atoms with Crippen molar-refractivity contribution in [3.8, 4) is 11.5 Å².